The molecule has 104 valence electrons. The van der Waals surface area contributed by atoms with E-state index in [0.29, 0.717) is 12.2 Å². The molecule has 0 saturated carbocycles. The van der Waals surface area contributed by atoms with Gasteiger partial charge in [0, 0.05) is 36.4 Å². The Labute approximate surface area is 121 Å². The monoisotopic (exact) mass is 326 g/mol. The highest BCUT2D eigenvalue weighted by atomic mass is 79.9. The van der Waals surface area contributed by atoms with Gasteiger partial charge in [0.1, 0.15) is 5.82 Å². The summed E-state index contributed by atoms with van der Waals surface area (Å²) < 4.78 is 0.722. The zero-order valence-electron chi connectivity index (χ0n) is 10.9. The van der Waals surface area contributed by atoms with Crippen molar-refractivity contribution in [1.29, 1.82) is 0 Å². The number of nitrogens with two attached hydrogens (primary N) is 2. The molecule has 0 amide bonds. The van der Waals surface area contributed by atoms with Gasteiger partial charge in [-0.2, -0.15) is 0 Å². The summed E-state index contributed by atoms with van der Waals surface area (Å²) >= 11 is 3.33. The topological polar surface area (TPSA) is 97.5 Å². The third-order valence-corrected chi connectivity index (χ3v) is 3.38. The number of nitrogen functional groups attached to an aromatic ring is 1. The van der Waals surface area contributed by atoms with E-state index in [-0.39, 0.29) is 12.6 Å². The SMILES string of the molecule is CCC(CCO)N=CC(=CN)c1cnc(N)c(Br)c1. The van der Waals surface area contributed by atoms with Crippen molar-refractivity contribution < 1.29 is 5.11 Å². The van der Waals surface area contributed by atoms with Gasteiger partial charge in [-0.15, -0.1) is 0 Å². The van der Waals surface area contributed by atoms with Crippen LogP contribution in [0.5, 0.6) is 0 Å². The fraction of sp³-hybridized carbons (Fsp3) is 0.385. The minimum Gasteiger partial charge on any atom is -0.404 e. The van der Waals surface area contributed by atoms with Crippen molar-refractivity contribution in [3.63, 3.8) is 0 Å². The molecule has 0 fully saturated rings. The van der Waals surface area contributed by atoms with Gasteiger partial charge in [0.15, 0.2) is 0 Å². The summed E-state index contributed by atoms with van der Waals surface area (Å²) in [6.45, 7) is 2.16. The zero-order chi connectivity index (χ0) is 14.3. The van der Waals surface area contributed by atoms with Gasteiger partial charge in [0.25, 0.3) is 0 Å². The van der Waals surface area contributed by atoms with E-state index in [2.05, 4.69) is 25.9 Å². The number of rotatable bonds is 6. The molecule has 0 aliphatic heterocycles. The summed E-state index contributed by atoms with van der Waals surface area (Å²) in [4.78, 5) is 8.49. The molecule has 1 rings (SSSR count). The Morgan fingerprint density at radius 2 is 2.37 bits per heavy atom. The number of aliphatic imine (C=N–C) groups is 1. The predicted octanol–water partition coefficient (Wildman–Crippen LogP) is 1.96. The normalized spacial score (nSPS) is 13.9. The fourth-order valence-corrected chi connectivity index (χ4v) is 1.89. The van der Waals surface area contributed by atoms with Crippen LogP contribution in [-0.2, 0) is 0 Å². The minimum atomic E-state index is 0.102. The highest BCUT2D eigenvalue weighted by Gasteiger charge is 2.05. The summed E-state index contributed by atoms with van der Waals surface area (Å²) in [5, 5.41) is 8.93. The lowest BCUT2D eigenvalue weighted by atomic mass is 10.1. The smallest absolute Gasteiger partial charge is 0.137 e. The van der Waals surface area contributed by atoms with Gasteiger partial charge < -0.3 is 16.6 Å². The standard InChI is InChI=1S/C13H19BrN4O/c1-2-11(3-4-19)17-8-10(6-15)9-5-12(14)13(16)18-7-9/h5-8,11,19H,2-4,15H2,1H3,(H2,16,18). The van der Waals surface area contributed by atoms with E-state index in [1.807, 2.05) is 13.0 Å². The van der Waals surface area contributed by atoms with Crippen molar-refractivity contribution >= 4 is 33.5 Å². The summed E-state index contributed by atoms with van der Waals surface area (Å²) in [5.74, 6) is 0.434. The summed E-state index contributed by atoms with van der Waals surface area (Å²) in [5.41, 5.74) is 12.9. The van der Waals surface area contributed by atoms with Crippen LogP contribution < -0.4 is 11.5 Å². The third-order valence-electron chi connectivity index (χ3n) is 2.74. The molecule has 1 aromatic heterocycles. The number of hydrogen-bond acceptors (Lipinski definition) is 5. The summed E-state index contributed by atoms with van der Waals surface area (Å²) in [6.07, 6.45) is 6.36. The number of aromatic nitrogens is 1. The molecule has 0 saturated heterocycles. The molecule has 0 aliphatic carbocycles. The van der Waals surface area contributed by atoms with Crippen LogP contribution in [0, 0.1) is 0 Å². The summed E-state index contributed by atoms with van der Waals surface area (Å²) in [6, 6.07) is 1.95. The number of halogens is 1. The lowest BCUT2D eigenvalue weighted by Gasteiger charge is -2.08. The maximum atomic E-state index is 8.93. The van der Waals surface area contributed by atoms with Crippen molar-refractivity contribution in [1.82, 2.24) is 4.98 Å². The number of nitrogens with zero attached hydrogens (tertiary/aromatic N) is 2. The van der Waals surface area contributed by atoms with Crippen LogP contribution in [0.3, 0.4) is 0 Å². The van der Waals surface area contributed by atoms with E-state index in [1.54, 1.807) is 12.4 Å². The third kappa shape index (κ3) is 4.65. The molecule has 0 bridgehead atoms. The maximum absolute atomic E-state index is 8.93. The Balaban J connectivity index is 2.89. The second-order valence-electron chi connectivity index (χ2n) is 4.07. The van der Waals surface area contributed by atoms with Crippen LogP contribution in [0.25, 0.3) is 5.57 Å². The Morgan fingerprint density at radius 1 is 1.63 bits per heavy atom. The molecule has 5 N–H and O–H groups in total. The van der Waals surface area contributed by atoms with Gasteiger partial charge in [0.2, 0.25) is 0 Å². The Kier molecular flexibility index (Phi) is 6.52. The second-order valence-corrected chi connectivity index (χ2v) is 4.92. The lowest BCUT2D eigenvalue weighted by molar-refractivity contribution is 0.275. The van der Waals surface area contributed by atoms with E-state index in [9.17, 15) is 0 Å². The molecule has 1 atom stereocenters. The first-order valence-electron chi connectivity index (χ1n) is 6.09. The van der Waals surface area contributed by atoms with Crippen molar-refractivity contribution in [2.24, 2.45) is 10.7 Å². The van der Waals surface area contributed by atoms with Gasteiger partial charge in [-0.1, -0.05) is 6.92 Å². The number of pyridine rings is 1. The van der Waals surface area contributed by atoms with Crippen LogP contribution in [0.4, 0.5) is 5.82 Å². The van der Waals surface area contributed by atoms with Crippen molar-refractivity contribution in [3.8, 4) is 0 Å². The highest BCUT2D eigenvalue weighted by molar-refractivity contribution is 9.10. The molecule has 1 unspecified atom stereocenters. The van der Waals surface area contributed by atoms with E-state index >= 15 is 0 Å². The number of anilines is 1. The number of allylic oxidation sites excluding steroid dienone is 1. The first kappa shape index (κ1) is 15.7. The van der Waals surface area contributed by atoms with Gasteiger partial charge in [-0.3, -0.25) is 4.99 Å². The average Bonchev–Trinajstić information content (AvgIpc) is 2.42. The molecule has 1 heterocycles. The first-order chi connectivity index (χ1) is 9.12. The van der Waals surface area contributed by atoms with E-state index in [0.717, 1.165) is 22.0 Å². The number of aliphatic hydroxyl groups excluding tert-OH is 1. The van der Waals surface area contributed by atoms with Crippen LogP contribution in [-0.4, -0.2) is 29.0 Å². The quantitative estimate of drug-likeness (QED) is 0.696. The molecular formula is C13H19BrN4O. The van der Waals surface area contributed by atoms with E-state index in [1.165, 1.54) is 6.20 Å². The Hall–Kier alpha value is -1.40. The van der Waals surface area contributed by atoms with Crippen LogP contribution in [0.15, 0.2) is 27.9 Å². The Bertz CT molecular complexity index is 474. The summed E-state index contributed by atoms with van der Waals surface area (Å²) in [7, 11) is 0. The molecule has 0 radical (unpaired) electrons. The molecule has 6 heteroatoms. The molecular weight excluding hydrogens is 308 g/mol. The van der Waals surface area contributed by atoms with E-state index < -0.39 is 0 Å². The Morgan fingerprint density at radius 3 is 2.89 bits per heavy atom. The number of hydrogen-bond donors (Lipinski definition) is 3. The van der Waals surface area contributed by atoms with Gasteiger partial charge in [0.05, 0.1) is 10.5 Å². The van der Waals surface area contributed by atoms with Crippen molar-refractivity contribution in [3.05, 3.63) is 28.5 Å². The van der Waals surface area contributed by atoms with Gasteiger partial charge in [-0.25, -0.2) is 4.98 Å². The fourth-order valence-electron chi connectivity index (χ4n) is 1.54. The number of aliphatic hydroxyl groups is 1. The van der Waals surface area contributed by atoms with Gasteiger partial charge >= 0.3 is 0 Å². The highest BCUT2D eigenvalue weighted by Crippen LogP contribution is 2.21. The molecule has 0 aliphatic rings. The predicted molar refractivity (Wildman–Crippen MR) is 82.8 cm³/mol. The van der Waals surface area contributed by atoms with Crippen molar-refractivity contribution in [2.75, 3.05) is 12.3 Å². The molecule has 0 spiro atoms. The molecule has 0 aromatic carbocycles. The molecule has 19 heavy (non-hydrogen) atoms. The maximum Gasteiger partial charge on any atom is 0.137 e. The molecule has 5 nitrogen and oxygen atoms in total. The molecule has 1 aromatic rings. The lowest BCUT2D eigenvalue weighted by Crippen LogP contribution is -2.06. The van der Waals surface area contributed by atoms with Crippen LogP contribution >= 0.6 is 15.9 Å². The van der Waals surface area contributed by atoms with Gasteiger partial charge in [-0.05, 0) is 34.8 Å². The van der Waals surface area contributed by atoms with Crippen LogP contribution in [0.2, 0.25) is 0 Å². The second kappa shape index (κ2) is 7.91. The van der Waals surface area contributed by atoms with Crippen molar-refractivity contribution in [2.45, 2.75) is 25.8 Å². The average molecular weight is 327 g/mol. The van der Waals surface area contributed by atoms with E-state index in [4.69, 9.17) is 16.6 Å². The van der Waals surface area contributed by atoms with Crippen LogP contribution in [0.1, 0.15) is 25.3 Å². The minimum absolute atomic E-state index is 0.102. The zero-order valence-corrected chi connectivity index (χ0v) is 12.5. The first-order valence-corrected chi connectivity index (χ1v) is 6.89. The largest absolute Gasteiger partial charge is 0.404 e.